The van der Waals surface area contributed by atoms with Crippen LogP contribution >= 0.6 is 11.6 Å². The second-order valence-electron chi connectivity index (χ2n) is 5.45. The molecule has 5 nitrogen and oxygen atoms in total. The molecule has 0 radical (unpaired) electrons. The van der Waals surface area contributed by atoms with Gasteiger partial charge in [-0.2, -0.15) is 0 Å². The van der Waals surface area contributed by atoms with Gasteiger partial charge in [0.1, 0.15) is 5.75 Å². The lowest BCUT2D eigenvalue weighted by Gasteiger charge is -2.22. The van der Waals surface area contributed by atoms with Crippen LogP contribution in [-0.4, -0.2) is 54.9 Å². The molecule has 120 valence electrons. The lowest BCUT2D eigenvalue weighted by molar-refractivity contribution is -0.128. The van der Waals surface area contributed by atoms with Crippen molar-refractivity contribution >= 4 is 23.4 Å². The molecule has 0 N–H and O–H groups in total. The van der Waals surface area contributed by atoms with Gasteiger partial charge in [0.05, 0.1) is 12.7 Å². The average Bonchev–Trinajstić information content (AvgIpc) is 2.74. The van der Waals surface area contributed by atoms with Crippen molar-refractivity contribution in [3.63, 3.8) is 0 Å². The molecule has 0 saturated carbocycles. The third-order valence-corrected chi connectivity index (χ3v) is 4.35. The topological polar surface area (TPSA) is 49.9 Å². The molecule has 1 aliphatic heterocycles. The molecule has 2 amide bonds. The number of ether oxygens (including phenoxy) is 1. The number of amides is 2. The fourth-order valence-electron chi connectivity index (χ4n) is 2.60. The van der Waals surface area contributed by atoms with Crippen molar-refractivity contribution in [3.8, 4) is 5.75 Å². The number of hydrogen-bond acceptors (Lipinski definition) is 3. The quantitative estimate of drug-likeness (QED) is 0.839. The Balaban J connectivity index is 2.21. The largest absolute Gasteiger partial charge is 0.496 e. The highest BCUT2D eigenvalue weighted by molar-refractivity contribution is 6.31. The third kappa shape index (κ3) is 3.53. The highest BCUT2D eigenvalue weighted by Crippen LogP contribution is 2.28. The van der Waals surface area contributed by atoms with Crippen LogP contribution in [0.4, 0.5) is 0 Å². The summed E-state index contributed by atoms with van der Waals surface area (Å²) in [5.74, 6) is 0.467. The number of aryl methyl sites for hydroxylation is 1. The van der Waals surface area contributed by atoms with Crippen molar-refractivity contribution < 1.29 is 14.3 Å². The van der Waals surface area contributed by atoms with Crippen molar-refractivity contribution in [1.29, 1.82) is 0 Å². The molecule has 1 aromatic rings. The maximum absolute atomic E-state index is 12.8. The molecule has 0 bridgehead atoms. The number of halogens is 1. The maximum atomic E-state index is 12.8. The summed E-state index contributed by atoms with van der Waals surface area (Å²) in [7, 11) is 1.54. The molecule has 0 unspecified atom stereocenters. The van der Waals surface area contributed by atoms with E-state index in [-0.39, 0.29) is 11.8 Å². The molecule has 1 fully saturated rings. The van der Waals surface area contributed by atoms with Crippen LogP contribution in [0.5, 0.6) is 5.75 Å². The van der Waals surface area contributed by atoms with E-state index < -0.39 is 0 Å². The standard InChI is InChI=1S/C16H21ClN2O3/c1-11-9-15(22-3)13(10-14(11)17)16(21)19-6-4-5-18(7-8-19)12(2)20/h9-10H,4-8H2,1-3H3. The number of benzene rings is 1. The summed E-state index contributed by atoms with van der Waals surface area (Å²) in [5, 5.41) is 0.546. The summed E-state index contributed by atoms with van der Waals surface area (Å²) in [5.41, 5.74) is 1.34. The molecule has 1 aromatic carbocycles. The monoisotopic (exact) mass is 324 g/mol. The molecule has 2 rings (SSSR count). The zero-order valence-electron chi connectivity index (χ0n) is 13.2. The van der Waals surface area contributed by atoms with Gasteiger partial charge in [0.25, 0.3) is 5.91 Å². The minimum absolute atomic E-state index is 0.0465. The first-order valence-electron chi connectivity index (χ1n) is 7.33. The molecule has 22 heavy (non-hydrogen) atoms. The Kier molecular flexibility index (Phi) is 5.29. The molecule has 1 heterocycles. The Morgan fingerprint density at radius 2 is 1.77 bits per heavy atom. The van der Waals surface area contributed by atoms with E-state index in [0.29, 0.717) is 42.5 Å². The molecule has 0 aliphatic carbocycles. The van der Waals surface area contributed by atoms with Gasteiger partial charge in [0.15, 0.2) is 0 Å². The summed E-state index contributed by atoms with van der Waals surface area (Å²) in [4.78, 5) is 27.7. The number of carbonyl (C=O) groups excluding carboxylic acids is 2. The zero-order valence-corrected chi connectivity index (χ0v) is 13.9. The van der Waals surface area contributed by atoms with Gasteiger partial charge in [0, 0.05) is 38.1 Å². The van der Waals surface area contributed by atoms with Gasteiger partial charge in [-0.1, -0.05) is 11.6 Å². The van der Waals surface area contributed by atoms with E-state index >= 15 is 0 Å². The van der Waals surface area contributed by atoms with Crippen LogP contribution in [0, 0.1) is 6.92 Å². The predicted molar refractivity (Wildman–Crippen MR) is 85.5 cm³/mol. The van der Waals surface area contributed by atoms with Crippen LogP contribution in [0.25, 0.3) is 0 Å². The van der Waals surface area contributed by atoms with E-state index in [4.69, 9.17) is 16.3 Å². The van der Waals surface area contributed by atoms with Crippen molar-refractivity contribution in [2.45, 2.75) is 20.3 Å². The second-order valence-corrected chi connectivity index (χ2v) is 5.86. The molecule has 0 atom stereocenters. The van der Waals surface area contributed by atoms with Crippen LogP contribution in [0.1, 0.15) is 29.3 Å². The van der Waals surface area contributed by atoms with Crippen molar-refractivity contribution in [2.75, 3.05) is 33.3 Å². The molecule has 1 saturated heterocycles. The van der Waals surface area contributed by atoms with Crippen LogP contribution in [-0.2, 0) is 4.79 Å². The summed E-state index contributed by atoms with van der Waals surface area (Å²) in [6.45, 7) is 5.81. The van der Waals surface area contributed by atoms with E-state index in [9.17, 15) is 9.59 Å². The van der Waals surface area contributed by atoms with Crippen LogP contribution in [0.15, 0.2) is 12.1 Å². The fraction of sp³-hybridized carbons (Fsp3) is 0.500. The Morgan fingerprint density at radius 1 is 1.14 bits per heavy atom. The molecule has 1 aliphatic rings. The molecular weight excluding hydrogens is 304 g/mol. The predicted octanol–water partition coefficient (Wildman–Crippen LogP) is 2.35. The van der Waals surface area contributed by atoms with Gasteiger partial charge >= 0.3 is 0 Å². The maximum Gasteiger partial charge on any atom is 0.257 e. The van der Waals surface area contributed by atoms with Gasteiger partial charge in [0.2, 0.25) is 5.91 Å². The highest BCUT2D eigenvalue weighted by Gasteiger charge is 2.24. The molecule has 0 spiro atoms. The van der Waals surface area contributed by atoms with E-state index in [1.54, 1.807) is 36.0 Å². The highest BCUT2D eigenvalue weighted by atomic mass is 35.5. The Hall–Kier alpha value is -1.75. The number of nitrogens with zero attached hydrogens (tertiary/aromatic N) is 2. The van der Waals surface area contributed by atoms with E-state index in [2.05, 4.69) is 0 Å². The first-order valence-corrected chi connectivity index (χ1v) is 7.70. The summed E-state index contributed by atoms with van der Waals surface area (Å²) in [6.07, 6.45) is 0.771. The second kappa shape index (κ2) is 7.01. The zero-order chi connectivity index (χ0) is 16.3. The van der Waals surface area contributed by atoms with Crippen molar-refractivity contribution in [3.05, 3.63) is 28.3 Å². The van der Waals surface area contributed by atoms with Crippen LogP contribution in [0.2, 0.25) is 5.02 Å². The third-order valence-electron chi connectivity index (χ3n) is 3.94. The molecular formula is C16H21ClN2O3. The average molecular weight is 325 g/mol. The lowest BCUT2D eigenvalue weighted by Crippen LogP contribution is -2.36. The SMILES string of the molecule is COc1cc(C)c(Cl)cc1C(=O)N1CCCN(C(C)=O)CC1. The first-order chi connectivity index (χ1) is 10.4. The molecule has 6 heteroatoms. The summed E-state index contributed by atoms with van der Waals surface area (Å²) < 4.78 is 5.31. The number of methoxy groups -OCH3 is 1. The summed E-state index contributed by atoms with van der Waals surface area (Å²) >= 11 is 6.14. The van der Waals surface area contributed by atoms with Gasteiger partial charge in [-0.25, -0.2) is 0 Å². The van der Waals surface area contributed by atoms with Gasteiger partial charge in [-0.15, -0.1) is 0 Å². The minimum Gasteiger partial charge on any atom is -0.496 e. The lowest BCUT2D eigenvalue weighted by atomic mass is 10.1. The number of carbonyl (C=O) groups is 2. The van der Waals surface area contributed by atoms with Gasteiger partial charge in [-0.3, -0.25) is 9.59 Å². The van der Waals surface area contributed by atoms with Gasteiger partial charge < -0.3 is 14.5 Å². The van der Waals surface area contributed by atoms with E-state index in [1.165, 1.54) is 0 Å². The van der Waals surface area contributed by atoms with Crippen molar-refractivity contribution in [1.82, 2.24) is 9.80 Å². The smallest absolute Gasteiger partial charge is 0.257 e. The first kappa shape index (κ1) is 16.6. The Labute approximate surface area is 135 Å². The Morgan fingerprint density at radius 3 is 2.41 bits per heavy atom. The van der Waals surface area contributed by atoms with E-state index in [1.807, 2.05) is 6.92 Å². The fourth-order valence-corrected chi connectivity index (χ4v) is 2.76. The number of hydrogen-bond donors (Lipinski definition) is 0. The van der Waals surface area contributed by atoms with Crippen LogP contribution in [0.3, 0.4) is 0 Å². The summed E-state index contributed by atoms with van der Waals surface area (Å²) in [6, 6.07) is 3.43. The van der Waals surface area contributed by atoms with Crippen molar-refractivity contribution in [2.24, 2.45) is 0 Å². The van der Waals surface area contributed by atoms with E-state index in [0.717, 1.165) is 12.0 Å². The van der Waals surface area contributed by atoms with Gasteiger partial charge in [-0.05, 0) is 31.0 Å². The van der Waals surface area contributed by atoms with Crippen LogP contribution < -0.4 is 4.74 Å². The Bertz CT molecular complexity index is 589. The normalized spacial score (nSPS) is 15.5. The minimum atomic E-state index is -0.107. The number of rotatable bonds is 2. The molecule has 0 aromatic heterocycles.